The summed E-state index contributed by atoms with van der Waals surface area (Å²) in [4.78, 5) is 62.6. The Hall–Kier alpha value is -3.34. The maximum Gasteiger partial charge on any atom is 0.274 e. The van der Waals surface area contributed by atoms with Crippen LogP contribution in [0.3, 0.4) is 0 Å². The number of carbonyl (C=O) groups excluding carboxylic acids is 4. The van der Waals surface area contributed by atoms with E-state index < -0.39 is 23.9 Å². The highest BCUT2D eigenvalue weighted by molar-refractivity contribution is 7.12. The molecule has 0 bridgehead atoms. The molecule has 4 heterocycles. The van der Waals surface area contributed by atoms with Crippen LogP contribution in [-0.4, -0.2) is 81.7 Å². The molecule has 0 unspecified atom stereocenters. The molecule has 162 valence electrons. The average molecular weight is 443 g/mol. The Labute approximate surface area is 182 Å². The topological polar surface area (TPSA) is 125 Å². The predicted octanol–water partition coefficient (Wildman–Crippen LogP) is -0.100. The molecule has 10 nitrogen and oxygen atoms in total. The van der Waals surface area contributed by atoms with Crippen molar-refractivity contribution in [1.29, 1.82) is 0 Å². The Balaban J connectivity index is 1.55. The summed E-state index contributed by atoms with van der Waals surface area (Å²) in [5, 5.41) is 7.30. The van der Waals surface area contributed by atoms with Gasteiger partial charge in [0.2, 0.25) is 11.8 Å². The second kappa shape index (κ2) is 9.21. The average Bonchev–Trinajstić information content (AvgIpc) is 3.35. The van der Waals surface area contributed by atoms with E-state index in [0.29, 0.717) is 17.8 Å². The number of carbonyl (C=O) groups is 4. The van der Waals surface area contributed by atoms with E-state index in [9.17, 15) is 19.2 Å². The van der Waals surface area contributed by atoms with E-state index in [1.807, 2.05) is 5.38 Å². The van der Waals surface area contributed by atoms with Crippen LogP contribution in [0.5, 0.6) is 0 Å². The van der Waals surface area contributed by atoms with E-state index >= 15 is 0 Å². The predicted molar refractivity (Wildman–Crippen MR) is 111 cm³/mol. The van der Waals surface area contributed by atoms with Crippen LogP contribution in [0.1, 0.15) is 33.0 Å². The molecule has 4 amide bonds. The Bertz CT molecular complexity index is 967. The Kier molecular flexibility index (Phi) is 6.21. The molecule has 2 N–H and O–H groups in total. The van der Waals surface area contributed by atoms with E-state index in [2.05, 4.69) is 20.6 Å². The number of aromatic nitrogens is 2. The van der Waals surface area contributed by atoms with E-state index in [1.165, 1.54) is 34.8 Å². The fourth-order valence-corrected chi connectivity index (χ4v) is 4.42. The number of hydrogen-bond acceptors (Lipinski definition) is 7. The highest BCUT2D eigenvalue weighted by Gasteiger charge is 2.39. The van der Waals surface area contributed by atoms with Gasteiger partial charge < -0.3 is 20.4 Å². The van der Waals surface area contributed by atoms with Crippen molar-refractivity contribution in [2.24, 2.45) is 0 Å². The number of piperidine rings is 1. The van der Waals surface area contributed by atoms with Crippen molar-refractivity contribution >= 4 is 35.0 Å². The standard InChI is InChI=1S/C20H22N6O4S/c27-17-13(3-1-5-23-17)24-18(28)15-12-25(20(30)16-4-2-10-31-16)8-9-26(15)19(29)14-11-21-6-7-22-14/h2,4,6-7,10-11,13,15H,1,3,5,8-9,12H2,(H,23,27)(H,24,28)/t13-,15+/m1/s1. The summed E-state index contributed by atoms with van der Waals surface area (Å²) in [6, 6.07) is 1.92. The summed E-state index contributed by atoms with van der Waals surface area (Å²) in [5.41, 5.74) is 0.119. The zero-order valence-corrected chi connectivity index (χ0v) is 17.5. The molecule has 4 rings (SSSR count). The quantitative estimate of drug-likeness (QED) is 0.681. The maximum absolute atomic E-state index is 13.2. The summed E-state index contributed by atoms with van der Waals surface area (Å²) in [6.45, 7) is 1.07. The van der Waals surface area contributed by atoms with E-state index in [0.717, 1.165) is 6.42 Å². The third kappa shape index (κ3) is 4.55. The molecule has 11 heteroatoms. The lowest BCUT2D eigenvalue weighted by Crippen LogP contribution is -2.63. The maximum atomic E-state index is 13.2. The van der Waals surface area contributed by atoms with E-state index in [1.54, 1.807) is 17.0 Å². The first-order valence-electron chi connectivity index (χ1n) is 10.0. The third-order valence-corrected chi connectivity index (χ3v) is 6.20. The number of piperazine rings is 1. The van der Waals surface area contributed by atoms with Crippen LogP contribution in [0, 0.1) is 0 Å². The van der Waals surface area contributed by atoms with Crippen molar-refractivity contribution in [3.8, 4) is 0 Å². The van der Waals surface area contributed by atoms with Crippen molar-refractivity contribution in [1.82, 2.24) is 30.4 Å². The van der Waals surface area contributed by atoms with Crippen LogP contribution >= 0.6 is 11.3 Å². The van der Waals surface area contributed by atoms with Gasteiger partial charge in [0.25, 0.3) is 11.8 Å². The van der Waals surface area contributed by atoms with Gasteiger partial charge in [-0.15, -0.1) is 11.3 Å². The number of nitrogens with one attached hydrogen (secondary N) is 2. The molecular formula is C20H22N6O4S. The molecule has 0 aliphatic carbocycles. The second-order valence-corrected chi connectivity index (χ2v) is 8.28. The molecule has 31 heavy (non-hydrogen) atoms. The summed E-state index contributed by atoms with van der Waals surface area (Å²) < 4.78 is 0. The minimum atomic E-state index is -0.943. The summed E-state index contributed by atoms with van der Waals surface area (Å²) in [5.74, 6) is -1.34. The molecule has 0 radical (unpaired) electrons. The first-order valence-corrected chi connectivity index (χ1v) is 10.9. The SMILES string of the molecule is O=C1NCCC[C@H]1NC(=O)[C@@H]1CN(C(=O)c2cccs2)CCN1C(=O)c1cnccn1. The Morgan fingerprint density at radius 3 is 2.77 bits per heavy atom. The lowest BCUT2D eigenvalue weighted by Gasteiger charge is -2.40. The Morgan fingerprint density at radius 2 is 2.06 bits per heavy atom. The fourth-order valence-electron chi connectivity index (χ4n) is 3.73. The van der Waals surface area contributed by atoms with Crippen molar-refractivity contribution in [2.75, 3.05) is 26.2 Å². The number of rotatable bonds is 4. The molecule has 0 aromatic carbocycles. The van der Waals surface area contributed by atoms with Gasteiger partial charge in [0.1, 0.15) is 17.8 Å². The summed E-state index contributed by atoms with van der Waals surface area (Å²) in [7, 11) is 0. The lowest BCUT2D eigenvalue weighted by atomic mass is 10.0. The van der Waals surface area contributed by atoms with Crippen LogP contribution in [0.2, 0.25) is 0 Å². The van der Waals surface area contributed by atoms with Gasteiger partial charge in [0.15, 0.2) is 0 Å². The monoisotopic (exact) mass is 442 g/mol. The largest absolute Gasteiger partial charge is 0.354 e. The molecule has 2 aromatic rings. The number of hydrogen-bond donors (Lipinski definition) is 2. The van der Waals surface area contributed by atoms with Gasteiger partial charge in [-0.2, -0.15) is 0 Å². The smallest absolute Gasteiger partial charge is 0.274 e. The molecule has 2 atom stereocenters. The van der Waals surface area contributed by atoms with E-state index in [4.69, 9.17) is 0 Å². The van der Waals surface area contributed by atoms with Gasteiger partial charge in [0.05, 0.1) is 17.6 Å². The molecule has 2 saturated heterocycles. The minimum absolute atomic E-state index is 0.0307. The van der Waals surface area contributed by atoms with Crippen LogP contribution < -0.4 is 10.6 Å². The first-order chi connectivity index (χ1) is 15.0. The zero-order valence-electron chi connectivity index (χ0n) is 16.7. The van der Waals surface area contributed by atoms with Crippen LogP contribution in [0.25, 0.3) is 0 Å². The van der Waals surface area contributed by atoms with Gasteiger partial charge in [0, 0.05) is 32.0 Å². The second-order valence-electron chi connectivity index (χ2n) is 7.33. The number of nitrogens with zero attached hydrogens (tertiary/aromatic N) is 4. The fraction of sp³-hybridized carbons (Fsp3) is 0.400. The lowest BCUT2D eigenvalue weighted by molar-refractivity contribution is -0.133. The minimum Gasteiger partial charge on any atom is -0.354 e. The number of thiophene rings is 1. The number of amides is 4. The molecule has 2 aliphatic heterocycles. The molecule has 0 saturated carbocycles. The molecular weight excluding hydrogens is 420 g/mol. The van der Waals surface area contributed by atoms with Gasteiger partial charge in [-0.05, 0) is 24.3 Å². The van der Waals surface area contributed by atoms with Crippen molar-refractivity contribution < 1.29 is 19.2 Å². The third-order valence-electron chi connectivity index (χ3n) is 5.35. The zero-order chi connectivity index (χ0) is 21.8. The van der Waals surface area contributed by atoms with Crippen LogP contribution in [0.15, 0.2) is 36.1 Å². The highest BCUT2D eigenvalue weighted by Crippen LogP contribution is 2.19. The van der Waals surface area contributed by atoms with Crippen LogP contribution in [0.4, 0.5) is 0 Å². The van der Waals surface area contributed by atoms with E-state index in [-0.39, 0.29) is 37.1 Å². The molecule has 2 aliphatic rings. The van der Waals surface area contributed by atoms with Gasteiger partial charge in [-0.3, -0.25) is 24.2 Å². The van der Waals surface area contributed by atoms with Crippen molar-refractivity contribution in [2.45, 2.75) is 24.9 Å². The molecule has 2 fully saturated rings. The Morgan fingerprint density at radius 1 is 1.19 bits per heavy atom. The van der Waals surface area contributed by atoms with Crippen LogP contribution in [-0.2, 0) is 9.59 Å². The van der Waals surface area contributed by atoms with Crippen molar-refractivity contribution in [3.05, 3.63) is 46.7 Å². The van der Waals surface area contributed by atoms with Crippen molar-refractivity contribution in [3.63, 3.8) is 0 Å². The molecule has 0 spiro atoms. The molecule has 2 aromatic heterocycles. The summed E-state index contributed by atoms with van der Waals surface area (Å²) >= 11 is 1.32. The summed E-state index contributed by atoms with van der Waals surface area (Å²) in [6.07, 6.45) is 5.49. The highest BCUT2D eigenvalue weighted by atomic mass is 32.1. The van der Waals surface area contributed by atoms with Gasteiger partial charge >= 0.3 is 0 Å². The first kappa shape index (κ1) is 20.9. The normalized spacial score (nSPS) is 21.4. The van der Waals surface area contributed by atoms with Gasteiger partial charge in [-0.1, -0.05) is 6.07 Å². The van der Waals surface area contributed by atoms with Gasteiger partial charge in [-0.25, -0.2) is 4.98 Å².